The van der Waals surface area contributed by atoms with E-state index in [9.17, 15) is 0 Å². The van der Waals surface area contributed by atoms with Gasteiger partial charge in [-0.3, -0.25) is 0 Å². The second kappa shape index (κ2) is 3.49. The van der Waals surface area contributed by atoms with Crippen LogP contribution in [-0.2, 0) is 0 Å². The molecule has 0 aliphatic heterocycles. The lowest BCUT2D eigenvalue weighted by atomic mass is 9.99. The molecule has 1 N–H and O–H groups in total. The van der Waals surface area contributed by atoms with Crippen LogP contribution in [0.5, 0.6) is 0 Å². The van der Waals surface area contributed by atoms with Gasteiger partial charge < -0.3 is 4.98 Å². The second-order valence-corrected chi connectivity index (χ2v) is 4.47. The molecule has 15 heavy (non-hydrogen) atoms. The summed E-state index contributed by atoms with van der Waals surface area (Å²) in [6.45, 7) is 0. The number of nitrogens with one attached hydrogen (secondary N) is 1. The van der Waals surface area contributed by atoms with Gasteiger partial charge in [0.25, 0.3) is 0 Å². The maximum atomic E-state index is 6.11. The van der Waals surface area contributed by atoms with E-state index in [-0.39, 0.29) is 0 Å². The van der Waals surface area contributed by atoms with Gasteiger partial charge in [-0.15, -0.1) is 0 Å². The van der Waals surface area contributed by atoms with Gasteiger partial charge in [0.1, 0.15) is 17.1 Å². The van der Waals surface area contributed by atoms with Crippen LogP contribution in [0.15, 0.2) is 12.5 Å². The van der Waals surface area contributed by atoms with Crippen molar-refractivity contribution in [3.05, 3.63) is 23.2 Å². The number of nitrogens with zero attached hydrogens (tertiary/aromatic N) is 2. The van der Waals surface area contributed by atoms with E-state index in [0.717, 1.165) is 11.0 Å². The molecule has 78 valence electrons. The highest BCUT2D eigenvalue weighted by atomic mass is 35.5. The van der Waals surface area contributed by atoms with Gasteiger partial charge in [0.2, 0.25) is 0 Å². The summed E-state index contributed by atoms with van der Waals surface area (Å²) >= 11 is 6.11. The molecule has 1 saturated carbocycles. The van der Waals surface area contributed by atoms with Crippen molar-refractivity contribution < 1.29 is 0 Å². The number of aromatic amines is 1. The Morgan fingerprint density at radius 3 is 2.87 bits per heavy atom. The third kappa shape index (κ3) is 1.42. The predicted octanol–water partition coefficient (Wildman–Crippen LogP) is 3.27. The van der Waals surface area contributed by atoms with Crippen molar-refractivity contribution in [1.29, 1.82) is 0 Å². The molecule has 0 spiro atoms. The lowest BCUT2D eigenvalue weighted by Gasteiger charge is -2.06. The van der Waals surface area contributed by atoms with Gasteiger partial charge in [-0.1, -0.05) is 24.4 Å². The van der Waals surface area contributed by atoms with E-state index in [1.165, 1.54) is 37.6 Å². The fourth-order valence-corrected chi connectivity index (χ4v) is 2.75. The Bertz CT molecular complexity index is 486. The number of halogens is 1. The summed E-state index contributed by atoms with van der Waals surface area (Å²) in [4.78, 5) is 11.4. The van der Waals surface area contributed by atoms with Crippen LogP contribution in [0, 0.1) is 0 Å². The molecule has 0 unspecified atom stereocenters. The van der Waals surface area contributed by atoms with Gasteiger partial charge in [0.15, 0.2) is 0 Å². The zero-order valence-corrected chi connectivity index (χ0v) is 9.09. The SMILES string of the molecule is Clc1ncnc2[nH]cc(C3CCCC3)c12. The van der Waals surface area contributed by atoms with E-state index in [1.54, 1.807) is 0 Å². The molecule has 2 aromatic rings. The average Bonchev–Trinajstić information content (AvgIpc) is 2.85. The van der Waals surface area contributed by atoms with Crippen LogP contribution in [0.2, 0.25) is 5.15 Å². The summed E-state index contributed by atoms with van der Waals surface area (Å²) < 4.78 is 0. The number of hydrogen-bond donors (Lipinski definition) is 1. The minimum Gasteiger partial charge on any atom is -0.346 e. The summed E-state index contributed by atoms with van der Waals surface area (Å²) in [6, 6.07) is 0. The third-order valence-corrected chi connectivity index (χ3v) is 3.54. The zero-order valence-electron chi connectivity index (χ0n) is 8.33. The maximum Gasteiger partial charge on any atom is 0.142 e. The van der Waals surface area contributed by atoms with Crippen LogP contribution in [0.4, 0.5) is 0 Å². The Balaban J connectivity index is 2.18. The fourth-order valence-electron chi connectivity index (χ4n) is 2.51. The molecule has 0 radical (unpaired) electrons. The monoisotopic (exact) mass is 221 g/mol. The zero-order chi connectivity index (χ0) is 10.3. The molecular weight excluding hydrogens is 210 g/mol. The van der Waals surface area contributed by atoms with Gasteiger partial charge in [-0.25, -0.2) is 9.97 Å². The standard InChI is InChI=1S/C11H12ClN3/c12-10-9-8(7-3-1-2-4-7)5-13-11(9)15-6-14-10/h5-7H,1-4H2,(H,13,14,15). The topological polar surface area (TPSA) is 41.6 Å². The van der Waals surface area contributed by atoms with Crippen molar-refractivity contribution in [3.8, 4) is 0 Å². The molecule has 1 aliphatic rings. The Morgan fingerprint density at radius 1 is 1.27 bits per heavy atom. The molecule has 2 heterocycles. The van der Waals surface area contributed by atoms with E-state index < -0.39 is 0 Å². The quantitative estimate of drug-likeness (QED) is 0.751. The predicted molar refractivity (Wildman–Crippen MR) is 60.1 cm³/mol. The number of aromatic nitrogens is 3. The first-order chi connectivity index (χ1) is 7.36. The Labute approximate surface area is 92.9 Å². The maximum absolute atomic E-state index is 6.11. The van der Waals surface area contributed by atoms with Crippen molar-refractivity contribution in [2.75, 3.05) is 0 Å². The van der Waals surface area contributed by atoms with E-state index in [2.05, 4.69) is 15.0 Å². The molecule has 0 atom stereocenters. The normalized spacial score (nSPS) is 17.7. The van der Waals surface area contributed by atoms with Gasteiger partial charge >= 0.3 is 0 Å². The minimum atomic E-state index is 0.572. The first kappa shape index (κ1) is 9.16. The van der Waals surface area contributed by atoms with Crippen LogP contribution in [0.3, 0.4) is 0 Å². The Hall–Kier alpha value is -1.09. The summed E-state index contributed by atoms with van der Waals surface area (Å²) in [6.07, 6.45) is 8.71. The van der Waals surface area contributed by atoms with Gasteiger partial charge in [0, 0.05) is 6.20 Å². The molecule has 1 fully saturated rings. The number of hydrogen-bond acceptors (Lipinski definition) is 2. The van der Waals surface area contributed by atoms with Crippen LogP contribution in [0.25, 0.3) is 11.0 Å². The van der Waals surface area contributed by atoms with Crippen molar-refractivity contribution in [1.82, 2.24) is 15.0 Å². The van der Waals surface area contributed by atoms with Gasteiger partial charge in [-0.05, 0) is 24.3 Å². The highest BCUT2D eigenvalue weighted by molar-refractivity contribution is 6.34. The van der Waals surface area contributed by atoms with Crippen LogP contribution >= 0.6 is 11.6 Å². The van der Waals surface area contributed by atoms with Crippen molar-refractivity contribution >= 4 is 22.6 Å². The third-order valence-electron chi connectivity index (χ3n) is 3.25. The molecule has 0 saturated heterocycles. The molecule has 0 bridgehead atoms. The minimum absolute atomic E-state index is 0.572. The average molecular weight is 222 g/mol. The van der Waals surface area contributed by atoms with E-state index in [0.29, 0.717) is 11.1 Å². The first-order valence-electron chi connectivity index (χ1n) is 5.34. The largest absolute Gasteiger partial charge is 0.346 e. The molecule has 2 aromatic heterocycles. The second-order valence-electron chi connectivity index (χ2n) is 4.11. The van der Waals surface area contributed by atoms with Crippen LogP contribution in [-0.4, -0.2) is 15.0 Å². The number of rotatable bonds is 1. The van der Waals surface area contributed by atoms with Gasteiger partial charge in [-0.2, -0.15) is 0 Å². The van der Waals surface area contributed by atoms with Crippen molar-refractivity contribution in [2.24, 2.45) is 0 Å². The van der Waals surface area contributed by atoms with Gasteiger partial charge in [0.05, 0.1) is 5.39 Å². The summed E-state index contributed by atoms with van der Waals surface area (Å²) in [5.41, 5.74) is 2.16. The van der Waals surface area contributed by atoms with E-state index in [4.69, 9.17) is 11.6 Å². The molecule has 1 aliphatic carbocycles. The smallest absolute Gasteiger partial charge is 0.142 e. The lowest BCUT2D eigenvalue weighted by Crippen LogP contribution is -1.91. The molecule has 3 nitrogen and oxygen atoms in total. The lowest BCUT2D eigenvalue weighted by molar-refractivity contribution is 0.729. The summed E-state index contributed by atoms with van der Waals surface area (Å²) in [5, 5.41) is 1.59. The van der Waals surface area contributed by atoms with Crippen LogP contribution < -0.4 is 0 Å². The molecular formula is C11H12ClN3. The summed E-state index contributed by atoms with van der Waals surface area (Å²) in [5.74, 6) is 0.641. The molecule has 4 heteroatoms. The highest BCUT2D eigenvalue weighted by Gasteiger charge is 2.21. The molecule has 0 aromatic carbocycles. The summed E-state index contributed by atoms with van der Waals surface area (Å²) in [7, 11) is 0. The van der Waals surface area contributed by atoms with Crippen molar-refractivity contribution in [2.45, 2.75) is 31.6 Å². The highest BCUT2D eigenvalue weighted by Crippen LogP contribution is 2.38. The first-order valence-corrected chi connectivity index (χ1v) is 5.71. The van der Waals surface area contributed by atoms with Crippen molar-refractivity contribution in [3.63, 3.8) is 0 Å². The van der Waals surface area contributed by atoms with E-state index >= 15 is 0 Å². The fraction of sp³-hybridized carbons (Fsp3) is 0.455. The Kier molecular flexibility index (Phi) is 2.13. The molecule has 0 amide bonds. The number of fused-ring (bicyclic) bond motifs is 1. The molecule has 3 rings (SSSR count). The Morgan fingerprint density at radius 2 is 2.07 bits per heavy atom. The van der Waals surface area contributed by atoms with Crippen LogP contribution in [0.1, 0.15) is 37.2 Å². The number of H-pyrrole nitrogens is 1. The van der Waals surface area contributed by atoms with E-state index in [1.807, 2.05) is 6.20 Å².